The van der Waals surface area contributed by atoms with Gasteiger partial charge in [0, 0.05) is 35.6 Å². The van der Waals surface area contributed by atoms with Crippen molar-refractivity contribution in [2.75, 3.05) is 17.2 Å². The van der Waals surface area contributed by atoms with Gasteiger partial charge in [-0.15, -0.1) is 0 Å². The van der Waals surface area contributed by atoms with Gasteiger partial charge in [-0.05, 0) is 59.7 Å². The molecule has 200 valence electrons. The summed E-state index contributed by atoms with van der Waals surface area (Å²) in [6.07, 6.45) is 4.05. The van der Waals surface area contributed by atoms with Crippen molar-refractivity contribution in [3.8, 4) is 0 Å². The third kappa shape index (κ3) is 4.82. The molecule has 2 heterocycles. The van der Waals surface area contributed by atoms with Crippen LogP contribution in [-0.4, -0.2) is 40.4 Å². The maximum atomic E-state index is 13.3. The molecular weight excluding hydrogens is 490 g/mol. The molecule has 2 aromatic carbocycles. The summed E-state index contributed by atoms with van der Waals surface area (Å²) in [6.45, 7) is 7.53. The summed E-state index contributed by atoms with van der Waals surface area (Å²) in [7, 11) is 0. The van der Waals surface area contributed by atoms with Crippen LogP contribution in [0.2, 0.25) is 0 Å². The van der Waals surface area contributed by atoms with E-state index in [1.165, 1.54) is 6.21 Å². The number of hydrogen-bond acceptors (Lipinski definition) is 5. The van der Waals surface area contributed by atoms with Crippen molar-refractivity contribution in [2.45, 2.75) is 52.5 Å². The van der Waals surface area contributed by atoms with Crippen LogP contribution in [0.15, 0.2) is 54.7 Å². The number of nitrogens with zero attached hydrogens (tertiary/aromatic N) is 2. The molecule has 8 heteroatoms. The number of rotatable bonds is 6. The molecule has 0 saturated carbocycles. The maximum Gasteiger partial charge on any atom is 0.244 e. The van der Waals surface area contributed by atoms with Gasteiger partial charge in [-0.25, -0.2) is 4.98 Å². The predicted molar refractivity (Wildman–Crippen MR) is 151 cm³/mol. The summed E-state index contributed by atoms with van der Waals surface area (Å²) in [5.41, 5.74) is 4.74. The van der Waals surface area contributed by atoms with E-state index in [1.54, 1.807) is 11.1 Å². The smallest absolute Gasteiger partial charge is 0.244 e. The minimum absolute atomic E-state index is 0.0443. The second-order valence-electron chi connectivity index (χ2n) is 11.5. The lowest BCUT2D eigenvalue weighted by Crippen LogP contribution is -2.43. The van der Waals surface area contributed by atoms with Gasteiger partial charge in [0.05, 0.1) is 5.41 Å². The third-order valence-corrected chi connectivity index (χ3v) is 7.63. The largest absolute Gasteiger partial charge is 0.329 e. The van der Waals surface area contributed by atoms with Gasteiger partial charge in [0.2, 0.25) is 17.7 Å². The van der Waals surface area contributed by atoms with Crippen molar-refractivity contribution in [2.24, 2.45) is 5.41 Å². The minimum atomic E-state index is -0.681. The second-order valence-corrected chi connectivity index (χ2v) is 11.5. The number of aromatic nitrogens is 1. The zero-order chi connectivity index (χ0) is 27.9. The van der Waals surface area contributed by atoms with Gasteiger partial charge in [0.25, 0.3) is 0 Å². The first-order valence-corrected chi connectivity index (χ1v) is 13.1. The fourth-order valence-electron chi connectivity index (χ4n) is 5.64. The topological polar surface area (TPSA) is 115 Å². The van der Waals surface area contributed by atoms with Crippen LogP contribution in [0.1, 0.15) is 54.2 Å². The summed E-state index contributed by atoms with van der Waals surface area (Å²) < 4.78 is 0. The number of amides is 3. The van der Waals surface area contributed by atoms with Crippen LogP contribution in [-0.2, 0) is 39.2 Å². The van der Waals surface area contributed by atoms with E-state index in [2.05, 4.69) is 15.6 Å². The molecule has 1 atom stereocenters. The lowest BCUT2D eigenvalue weighted by atomic mass is 9.79. The standard InChI is InChI=1S/C31H33N5O3/c1-19-12-22-14-31(24-10-7-11-33-27(24)35-28(31)38)15-23(22)13-25(19)34-26(37)18-36(29(39)30(2,3)4)17-21-9-6-5-8-20(21)16-32/h5-13,16,32H,14-15,17-18H2,1-4H3,(H,34,37)(H,33,35,38). The van der Waals surface area contributed by atoms with Crippen molar-refractivity contribution < 1.29 is 14.4 Å². The Morgan fingerprint density at radius 2 is 1.85 bits per heavy atom. The molecule has 2 aliphatic rings. The zero-order valence-corrected chi connectivity index (χ0v) is 22.7. The Kier molecular flexibility index (Phi) is 6.58. The molecule has 3 aromatic rings. The number of nitrogens with one attached hydrogen (secondary N) is 3. The number of hydrogen-bond donors (Lipinski definition) is 3. The number of pyridine rings is 1. The van der Waals surface area contributed by atoms with Crippen molar-refractivity contribution in [1.82, 2.24) is 9.88 Å². The number of benzene rings is 2. The van der Waals surface area contributed by atoms with Crippen LogP contribution in [0, 0.1) is 17.7 Å². The van der Waals surface area contributed by atoms with Gasteiger partial charge in [-0.1, -0.05) is 57.2 Å². The van der Waals surface area contributed by atoms with Gasteiger partial charge >= 0.3 is 0 Å². The molecule has 1 aliphatic carbocycles. The van der Waals surface area contributed by atoms with Gasteiger partial charge in [-0.3, -0.25) is 14.4 Å². The monoisotopic (exact) mass is 523 g/mol. The van der Waals surface area contributed by atoms with Gasteiger partial charge in [0.1, 0.15) is 12.4 Å². The van der Waals surface area contributed by atoms with Crippen LogP contribution in [0.3, 0.4) is 0 Å². The fraction of sp³-hybridized carbons (Fsp3) is 0.323. The van der Waals surface area contributed by atoms with E-state index in [1.807, 2.05) is 76.2 Å². The van der Waals surface area contributed by atoms with E-state index in [0.717, 1.165) is 27.8 Å². The SMILES string of the molecule is Cc1cc2c(cc1NC(=O)CN(Cc1ccccc1C=N)C(=O)C(C)(C)C)CC1(C2)C(=O)Nc2ncccc21. The average Bonchev–Trinajstić information content (AvgIpc) is 3.39. The van der Waals surface area contributed by atoms with Crippen molar-refractivity contribution in [3.63, 3.8) is 0 Å². The van der Waals surface area contributed by atoms with E-state index in [0.29, 0.717) is 29.9 Å². The lowest BCUT2D eigenvalue weighted by Gasteiger charge is -2.29. The summed E-state index contributed by atoms with van der Waals surface area (Å²) >= 11 is 0. The second kappa shape index (κ2) is 9.76. The number of carbonyl (C=O) groups is 3. The van der Waals surface area contributed by atoms with E-state index >= 15 is 0 Å². The normalized spacial score (nSPS) is 17.4. The zero-order valence-electron chi connectivity index (χ0n) is 22.7. The van der Waals surface area contributed by atoms with Gasteiger partial charge in [0.15, 0.2) is 0 Å². The molecule has 39 heavy (non-hydrogen) atoms. The molecule has 1 aliphatic heterocycles. The fourth-order valence-corrected chi connectivity index (χ4v) is 5.64. The van der Waals surface area contributed by atoms with Gasteiger partial charge < -0.3 is 20.9 Å². The van der Waals surface area contributed by atoms with Gasteiger partial charge in [-0.2, -0.15) is 0 Å². The first kappa shape index (κ1) is 26.3. The first-order valence-electron chi connectivity index (χ1n) is 13.1. The molecule has 3 N–H and O–H groups in total. The van der Waals surface area contributed by atoms with E-state index in [9.17, 15) is 14.4 Å². The summed E-state index contributed by atoms with van der Waals surface area (Å²) in [5.74, 6) is 0.124. The molecule has 1 aromatic heterocycles. The van der Waals surface area contributed by atoms with Crippen molar-refractivity contribution >= 4 is 35.4 Å². The Morgan fingerprint density at radius 3 is 2.56 bits per heavy atom. The Hall–Kier alpha value is -4.33. The molecule has 8 nitrogen and oxygen atoms in total. The van der Waals surface area contributed by atoms with Crippen molar-refractivity contribution in [3.05, 3.63) is 88.1 Å². The van der Waals surface area contributed by atoms with Crippen LogP contribution < -0.4 is 10.6 Å². The highest BCUT2D eigenvalue weighted by Crippen LogP contribution is 2.47. The Balaban J connectivity index is 1.37. The molecule has 0 fully saturated rings. The highest BCUT2D eigenvalue weighted by molar-refractivity contribution is 6.06. The summed E-state index contributed by atoms with van der Waals surface area (Å²) in [5, 5.41) is 13.6. The van der Waals surface area contributed by atoms with Crippen molar-refractivity contribution in [1.29, 1.82) is 5.41 Å². The molecular formula is C31H33N5O3. The molecule has 5 rings (SSSR count). The van der Waals surface area contributed by atoms with E-state index in [-0.39, 0.29) is 30.8 Å². The average molecular weight is 524 g/mol. The minimum Gasteiger partial charge on any atom is -0.329 e. The quantitative estimate of drug-likeness (QED) is 0.416. The summed E-state index contributed by atoms with van der Waals surface area (Å²) in [6, 6.07) is 15.2. The number of carbonyl (C=O) groups excluding carboxylic acids is 3. The molecule has 1 spiro atoms. The van der Waals surface area contributed by atoms with Crippen LogP contribution in [0.25, 0.3) is 0 Å². The first-order chi connectivity index (χ1) is 18.5. The highest BCUT2D eigenvalue weighted by Gasteiger charge is 2.51. The third-order valence-electron chi connectivity index (χ3n) is 7.63. The Bertz CT molecular complexity index is 1510. The molecule has 3 amide bonds. The van der Waals surface area contributed by atoms with E-state index < -0.39 is 10.8 Å². The number of aryl methyl sites for hydroxylation is 1. The Morgan fingerprint density at radius 1 is 1.13 bits per heavy atom. The lowest BCUT2D eigenvalue weighted by molar-refractivity contribution is -0.142. The summed E-state index contributed by atoms with van der Waals surface area (Å²) in [4.78, 5) is 45.5. The van der Waals surface area contributed by atoms with Crippen LogP contribution in [0.5, 0.6) is 0 Å². The molecule has 1 unspecified atom stereocenters. The molecule has 0 bridgehead atoms. The van der Waals surface area contributed by atoms with Crippen LogP contribution >= 0.6 is 0 Å². The van der Waals surface area contributed by atoms with E-state index in [4.69, 9.17) is 5.41 Å². The molecule has 0 radical (unpaired) electrons. The molecule has 0 saturated heterocycles. The van der Waals surface area contributed by atoms with Crippen LogP contribution in [0.4, 0.5) is 11.5 Å². The number of anilines is 2. The Labute approximate surface area is 228 Å². The predicted octanol–water partition coefficient (Wildman–Crippen LogP) is 4.39. The maximum absolute atomic E-state index is 13.3. The number of fused-ring (bicyclic) bond motifs is 3. The highest BCUT2D eigenvalue weighted by atomic mass is 16.2.